The van der Waals surface area contributed by atoms with Crippen molar-refractivity contribution in [2.75, 3.05) is 25.2 Å². The minimum absolute atomic E-state index is 0.435. The molecule has 1 N–H and O–H groups in total. The van der Waals surface area contributed by atoms with Gasteiger partial charge in [0.2, 0.25) is 0 Å². The van der Waals surface area contributed by atoms with E-state index in [2.05, 4.69) is 41.4 Å². The third kappa shape index (κ3) is 2.82. The van der Waals surface area contributed by atoms with Crippen LogP contribution in [0.3, 0.4) is 0 Å². The van der Waals surface area contributed by atoms with E-state index in [0.717, 1.165) is 31.1 Å². The summed E-state index contributed by atoms with van der Waals surface area (Å²) in [5, 5.41) is 4.13. The van der Waals surface area contributed by atoms with Crippen LogP contribution in [0.25, 0.3) is 0 Å². The summed E-state index contributed by atoms with van der Waals surface area (Å²) >= 11 is 5.49. The molecule has 1 aliphatic heterocycles. The molecule has 1 atom stereocenters. The third-order valence-corrected chi connectivity index (χ3v) is 3.57. The van der Waals surface area contributed by atoms with E-state index in [9.17, 15) is 0 Å². The Kier molecular flexibility index (Phi) is 4.55. The van der Waals surface area contributed by atoms with Gasteiger partial charge in [-0.05, 0) is 43.6 Å². The molecule has 0 aromatic heterocycles. The van der Waals surface area contributed by atoms with E-state index in [1.165, 1.54) is 11.3 Å². The predicted molar refractivity (Wildman–Crippen MR) is 79.2 cm³/mol. The molecule has 0 fully saturated rings. The van der Waals surface area contributed by atoms with E-state index in [-0.39, 0.29) is 0 Å². The van der Waals surface area contributed by atoms with Crippen molar-refractivity contribution >= 4 is 23.0 Å². The van der Waals surface area contributed by atoms with Crippen LogP contribution in [0.15, 0.2) is 24.3 Å². The van der Waals surface area contributed by atoms with Crippen molar-refractivity contribution < 1.29 is 4.74 Å². The molecule has 18 heavy (non-hydrogen) atoms. The van der Waals surface area contributed by atoms with E-state index in [1.807, 2.05) is 0 Å². The van der Waals surface area contributed by atoms with Crippen molar-refractivity contribution in [3.8, 4) is 0 Å². The fourth-order valence-corrected chi connectivity index (χ4v) is 2.75. The first kappa shape index (κ1) is 13.3. The molecule has 0 saturated carbocycles. The molecular weight excluding hydrogens is 244 g/mol. The summed E-state index contributed by atoms with van der Waals surface area (Å²) in [6.45, 7) is 3.84. The largest absolute Gasteiger partial charge is 0.385 e. The summed E-state index contributed by atoms with van der Waals surface area (Å²) in [7, 11) is 1.72. The van der Waals surface area contributed by atoms with Gasteiger partial charge >= 0.3 is 0 Å². The lowest BCUT2D eigenvalue weighted by molar-refractivity contribution is 0.195. The van der Waals surface area contributed by atoms with E-state index >= 15 is 0 Å². The third-order valence-electron chi connectivity index (χ3n) is 3.23. The number of nitrogens with zero attached hydrogens (tertiary/aromatic N) is 1. The Morgan fingerprint density at radius 1 is 1.50 bits per heavy atom. The molecule has 0 aliphatic carbocycles. The van der Waals surface area contributed by atoms with Crippen LogP contribution in [-0.4, -0.2) is 31.4 Å². The Balaban J connectivity index is 1.98. The maximum Gasteiger partial charge on any atom is 0.173 e. The highest BCUT2D eigenvalue weighted by Gasteiger charge is 2.27. The summed E-state index contributed by atoms with van der Waals surface area (Å²) in [5.41, 5.74) is 2.63. The summed E-state index contributed by atoms with van der Waals surface area (Å²) in [4.78, 5) is 2.22. The Morgan fingerprint density at radius 2 is 2.28 bits per heavy atom. The molecule has 1 heterocycles. The Hall–Kier alpha value is -1.13. The van der Waals surface area contributed by atoms with Crippen molar-refractivity contribution in [3.05, 3.63) is 29.8 Å². The van der Waals surface area contributed by atoms with Crippen LogP contribution < -0.4 is 10.2 Å². The molecule has 0 spiro atoms. The molecule has 0 radical (unpaired) electrons. The summed E-state index contributed by atoms with van der Waals surface area (Å²) in [5.74, 6) is 0. The summed E-state index contributed by atoms with van der Waals surface area (Å²) in [6.07, 6.45) is 2.04. The zero-order valence-electron chi connectivity index (χ0n) is 11.0. The van der Waals surface area contributed by atoms with Crippen LogP contribution >= 0.6 is 12.2 Å². The highest BCUT2D eigenvalue weighted by atomic mass is 32.1. The molecule has 1 aliphatic rings. The van der Waals surface area contributed by atoms with E-state index in [1.54, 1.807) is 7.11 Å². The number of fused-ring (bicyclic) bond motifs is 1. The van der Waals surface area contributed by atoms with Gasteiger partial charge < -0.3 is 15.0 Å². The Morgan fingerprint density at radius 3 is 3.06 bits per heavy atom. The number of benzene rings is 1. The van der Waals surface area contributed by atoms with Crippen LogP contribution in [0.5, 0.6) is 0 Å². The molecular formula is C14H20N2OS. The summed E-state index contributed by atoms with van der Waals surface area (Å²) < 4.78 is 5.03. The molecule has 3 nitrogen and oxygen atoms in total. The fraction of sp³-hybridized carbons (Fsp3) is 0.500. The van der Waals surface area contributed by atoms with Gasteiger partial charge in [0.25, 0.3) is 0 Å². The zero-order chi connectivity index (χ0) is 13.0. The van der Waals surface area contributed by atoms with Gasteiger partial charge in [-0.1, -0.05) is 18.2 Å². The number of ether oxygens (including phenoxy) is 1. The molecule has 1 unspecified atom stereocenters. The van der Waals surface area contributed by atoms with E-state index in [4.69, 9.17) is 17.0 Å². The van der Waals surface area contributed by atoms with Crippen LogP contribution in [0.1, 0.15) is 18.9 Å². The quantitative estimate of drug-likeness (QED) is 0.666. The predicted octanol–water partition coefficient (Wildman–Crippen LogP) is 2.35. The van der Waals surface area contributed by atoms with Crippen LogP contribution in [0, 0.1) is 0 Å². The standard InChI is InChI=1S/C14H20N2OS/c1-11-10-12-6-3-4-7-13(12)16(11)14(18)15-8-5-9-17-2/h3-4,6-7,11H,5,8-10H2,1-2H3,(H,15,18). The minimum atomic E-state index is 0.435. The number of hydrogen-bond donors (Lipinski definition) is 1. The molecule has 2 rings (SSSR count). The number of rotatable bonds is 4. The number of methoxy groups -OCH3 is 1. The highest BCUT2D eigenvalue weighted by molar-refractivity contribution is 7.80. The van der Waals surface area contributed by atoms with Crippen molar-refractivity contribution in [3.63, 3.8) is 0 Å². The second kappa shape index (κ2) is 6.16. The molecule has 1 aromatic carbocycles. The van der Waals surface area contributed by atoms with Gasteiger partial charge in [0.1, 0.15) is 0 Å². The van der Waals surface area contributed by atoms with Gasteiger partial charge in [-0.3, -0.25) is 0 Å². The van der Waals surface area contributed by atoms with Crippen molar-refractivity contribution in [2.45, 2.75) is 25.8 Å². The fourth-order valence-electron chi connectivity index (χ4n) is 2.37. The molecule has 98 valence electrons. The number of anilines is 1. The molecule has 1 aromatic rings. The second-order valence-corrected chi connectivity index (χ2v) is 5.02. The lowest BCUT2D eigenvalue weighted by Gasteiger charge is -2.26. The average Bonchev–Trinajstić information content (AvgIpc) is 2.70. The molecule has 0 amide bonds. The monoisotopic (exact) mass is 264 g/mol. The van der Waals surface area contributed by atoms with Crippen molar-refractivity contribution in [1.82, 2.24) is 5.32 Å². The minimum Gasteiger partial charge on any atom is -0.385 e. The SMILES string of the molecule is COCCCNC(=S)N1c2ccccc2CC1C. The lowest BCUT2D eigenvalue weighted by Crippen LogP contribution is -2.43. The molecule has 0 saturated heterocycles. The second-order valence-electron chi connectivity index (χ2n) is 4.63. The van der Waals surface area contributed by atoms with Gasteiger partial charge in [0.05, 0.1) is 0 Å². The number of nitrogens with one attached hydrogen (secondary N) is 1. The summed E-state index contributed by atoms with van der Waals surface area (Å²) in [6, 6.07) is 8.91. The van der Waals surface area contributed by atoms with E-state index < -0.39 is 0 Å². The molecule has 0 bridgehead atoms. The van der Waals surface area contributed by atoms with Gasteiger partial charge in [0.15, 0.2) is 5.11 Å². The highest BCUT2D eigenvalue weighted by Crippen LogP contribution is 2.31. The van der Waals surface area contributed by atoms with Crippen molar-refractivity contribution in [2.24, 2.45) is 0 Å². The van der Waals surface area contributed by atoms with Gasteiger partial charge in [-0.15, -0.1) is 0 Å². The maximum atomic E-state index is 5.49. The zero-order valence-corrected chi connectivity index (χ0v) is 11.8. The van der Waals surface area contributed by atoms with Gasteiger partial charge in [-0.25, -0.2) is 0 Å². The number of para-hydroxylation sites is 1. The number of hydrogen-bond acceptors (Lipinski definition) is 2. The van der Waals surface area contributed by atoms with Gasteiger partial charge in [0, 0.05) is 32.0 Å². The van der Waals surface area contributed by atoms with E-state index in [0.29, 0.717) is 6.04 Å². The van der Waals surface area contributed by atoms with Crippen LogP contribution in [0.2, 0.25) is 0 Å². The van der Waals surface area contributed by atoms with Crippen LogP contribution in [-0.2, 0) is 11.2 Å². The Bertz CT molecular complexity index is 422. The average molecular weight is 264 g/mol. The van der Waals surface area contributed by atoms with Crippen LogP contribution in [0.4, 0.5) is 5.69 Å². The maximum absolute atomic E-state index is 5.49. The lowest BCUT2D eigenvalue weighted by atomic mass is 10.1. The smallest absolute Gasteiger partial charge is 0.173 e. The van der Waals surface area contributed by atoms with Crippen molar-refractivity contribution in [1.29, 1.82) is 0 Å². The topological polar surface area (TPSA) is 24.5 Å². The first-order chi connectivity index (χ1) is 8.74. The number of thiocarbonyl (C=S) groups is 1. The normalized spacial score (nSPS) is 17.7. The Labute approximate surface area is 114 Å². The van der Waals surface area contributed by atoms with Gasteiger partial charge in [-0.2, -0.15) is 0 Å². The first-order valence-electron chi connectivity index (χ1n) is 6.38. The molecule has 4 heteroatoms. The first-order valence-corrected chi connectivity index (χ1v) is 6.78.